The maximum Gasteiger partial charge on any atom is 0.303 e. The Morgan fingerprint density at radius 1 is 1.42 bits per heavy atom. The van der Waals surface area contributed by atoms with Gasteiger partial charge in [-0.2, -0.15) is 15.4 Å². The number of carbonyl (C=O) groups is 1. The molecule has 2 atom stereocenters. The van der Waals surface area contributed by atoms with Gasteiger partial charge in [0.05, 0.1) is 18.3 Å². The highest BCUT2D eigenvalue weighted by Gasteiger charge is 2.36. The minimum absolute atomic E-state index is 0.0510. The molecule has 8 nitrogen and oxygen atoms in total. The van der Waals surface area contributed by atoms with Gasteiger partial charge in [0.1, 0.15) is 5.82 Å². The molecule has 2 aromatic heterocycles. The number of hydrogen-bond donors (Lipinski definition) is 3. The van der Waals surface area contributed by atoms with Crippen LogP contribution >= 0.6 is 0 Å². The van der Waals surface area contributed by atoms with E-state index in [-0.39, 0.29) is 18.3 Å². The average molecular weight is 332 g/mol. The van der Waals surface area contributed by atoms with E-state index in [2.05, 4.69) is 37.2 Å². The molecule has 3 rings (SSSR count). The molecular weight excluding hydrogens is 308 g/mol. The first-order valence-corrected chi connectivity index (χ1v) is 8.48. The zero-order valence-electron chi connectivity index (χ0n) is 13.9. The number of aromatic amines is 2. The normalized spacial score (nSPS) is 21.4. The lowest BCUT2D eigenvalue weighted by atomic mass is 9.91. The fraction of sp³-hybridized carbons (Fsp3) is 0.625. The minimum Gasteiger partial charge on any atom is -0.481 e. The Balaban J connectivity index is 1.64. The van der Waals surface area contributed by atoms with E-state index < -0.39 is 5.97 Å². The Labute approximate surface area is 140 Å². The number of H-pyrrole nitrogens is 2. The van der Waals surface area contributed by atoms with Gasteiger partial charge in [-0.3, -0.25) is 9.69 Å². The Kier molecular flexibility index (Phi) is 5.24. The van der Waals surface area contributed by atoms with Gasteiger partial charge in [0.15, 0.2) is 0 Å². The number of carboxylic acid groups (broad SMARTS) is 1. The standard InChI is InChI=1S/C16H24N6O2/c1-2-3-4-15-17-6-12(19-15)9-22-8-11(5-16(23)24)13(10-22)14-7-18-21-20-14/h6-7,11,13H,2-5,8-10H2,1H3,(H,17,19)(H,23,24)(H,18,20,21)/t11-,13+/m0/s1. The molecule has 2 aromatic rings. The van der Waals surface area contributed by atoms with Crippen LogP contribution in [0.1, 0.15) is 49.3 Å². The van der Waals surface area contributed by atoms with Gasteiger partial charge in [-0.1, -0.05) is 13.3 Å². The van der Waals surface area contributed by atoms with E-state index in [1.165, 1.54) is 0 Å². The number of hydrogen-bond acceptors (Lipinski definition) is 5. The van der Waals surface area contributed by atoms with E-state index in [1.807, 2.05) is 6.20 Å². The maximum atomic E-state index is 11.2. The summed E-state index contributed by atoms with van der Waals surface area (Å²) < 4.78 is 0. The summed E-state index contributed by atoms with van der Waals surface area (Å²) in [6.07, 6.45) is 6.99. The second kappa shape index (κ2) is 7.57. The van der Waals surface area contributed by atoms with Crippen molar-refractivity contribution in [1.29, 1.82) is 0 Å². The predicted molar refractivity (Wildman–Crippen MR) is 87.3 cm³/mol. The van der Waals surface area contributed by atoms with Gasteiger partial charge in [-0.05, 0) is 12.3 Å². The van der Waals surface area contributed by atoms with Crippen LogP contribution in [0.2, 0.25) is 0 Å². The van der Waals surface area contributed by atoms with Gasteiger partial charge in [0.25, 0.3) is 0 Å². The van der Waals surface area contributed by atoms with Crippen LogP contribution in [0.4, 0.5) is 0 Å². The molecule has 0 unspecified atom stereocenters. The topological polar surface area (TPSA) is 111 Å². The Bertz CT molecular complexity index is 653. The molecule has 0 spiro atoms. The molecule has 3 N–H and O–H groups in total. The first-order valence-electron chi connectivity index (χ1n) is 8.48. The molecule has 3 heterocycles. The Morgan fingerprint density at radius 2 is 2.29 bits per heavy atom. The van der Waals surface area contributed by atoms with Gasteiger partial charge < -0.3 is 10.1 Å². The third-order valence-corrected chi connectivity index (χ3v) is 4.61. The number of unbranched alkanes of at least 4 members (excludes halogenated alkanes) is 1. The van der Waals surface area contributed by atoms with Crippen molar-refractivity contribution >= 4 is 5.97 Å². The van der Waals surface area contributed by atoms with Crippen LogP contribution in [0.5, 0.6) is 0 Å². The van der Waals surface area contributed by atoms with Crippen molar-refractivity contribution in [2.75, 3.05) is 13.1 Å². The number of nitrogens with zero attached hydrogens (tertiary/aromatic N) is 4. The van der Waals surface area contributed by atoms with Crippen LogP contribution in [-0.4, -0.2) is 54.4 Å². The number of rotatable bonds is 8. The maximum absolute atomic E-state index is 11.2. The van der Waals surface area contributed by atoms with Gasteiger partial charge >= 0.3 is 5.97 Å². The first kappa shape index (κ1) is 16.6. The van der Waals surface area contributed by atoms with E-state index in [4.69, 9.17) is 0 Å². The smallest absolute Gasteiger partial charge is 0.303 e. The zero-order valence-corrected chi connectivity index (χ0v) is 13.9. The highest BCUT2D eigenvalue weighted by Crippen LogP contribution is 2.34. The molecule has 0 radical (unpaired) electrons. The van der Waals surface area contributed by atoms with Crippen LogP contribution in [0.15, 0.2) is 12.4 Å². The van der Waals surface area contributed by atoms with E-state index in [9.17, 15) is 9.90 Å². The summed E-state index contributed by atoms with van der Waals surface area (Å²) in [5, 5.41) is 19.8. The van der Waals surface area contributed by atoms with Crippen LogP contribution in [0.25, 0.3) is 0 Å². The largest absolute Gasteiger partial charge is 0.481 e. The van der Waals surface area contributed by atoms with Crippen molar-refractivity contribution in [2.45, 2.75) is 45.1 Å². The van der Waals surface area contributed by atoms with E-state index in [0.29, 0.717) is 0 Å². The number of aliphatic carboxylic acids is 1. The SMILES string of the molecule is CCCCc1ncc(CN2C[C@H](CC(=O)O)[C@H](c3cn[nH]n3)C2)[nH]1. The van der Waals surface area contributed by atoms with Crippen molar-refractivity contribution in [3.63, 3.8) is 0 Å². The van der Waals surface area contributed by atoms with Crippen LogP contribution in [0, 0.1) is 5.92 Å². The molecular formula is C16H24N6O2. The highest BCUT2D eigenvalue weighted by atomic mass is 16.4. The molecule has 1 aliphatic rings. The Hall–Kier alpha value is -2.22. The molecule has 130 valence electrons. The summed E-state index contributed by atoms with van der Waals surface area (Å²) in [7, 11) is 0. The second-order valence-electron chi connectivity index (χ2n) is 6.51. The van der Waals surface area contributed by atoms with Gasteiger partial charge in [0.2, 0.25) is 0 Å². The summed E-state index contributed by atoms with van der Waals surface area (Å²) in [6, 6.07) is 0. The van der Waals surface area contributed by atoms with Crippen LogP contribution in [-0.2, 0) is 17.8 Å². The van der Waals surface area contributed by atoms with E-state index in [1.54, 1.807) is 6.20 Å². The van der Waals surface area contributed by atoms with Crippen molar-refractivity contribution in [3.05, 3.63) is 29.6 Å². The van der Waals surface area contributed by atoms with Crippen LogP contribution < -0.4 is 0 Å². The molecule has 1 aliphatic heterocycles. The number of carboxylic acids is 1. The summed E-state index contributed by atoms with van der Waals surface area (Å²) in [5.74, 6) is 0.414. The molecule has 0 bridgehead atoms. The fourth-order valence-electron chi connectivity index (χ4n) is 3.44. The number of aryl methyl sites for hydroxylation is 1. The third-order valence-electron chi connectivity index (χ3n) is 4.61. The lowest BCUT2D eigenvalue weighted by Gasteiger charge is -2.13. The molecule has 1 saturated heterocycles. The summed E-state index contributed by atoms with van der Waals surface area (Å²) in [6.45, 7) is 4.45. The molecule has 1 fully saturated rings. The molecule has 0 amide bonds. The fourth-order valence-corrected chi connectivity index (χ4v) is 3.44. The molecule has 8 heteroatoms. The number of imidazole rings is 1. The second-order valence-corrected chi connectivity index (χ2v) is 6.51. The first-order chi connectivity index (χ1) is 11.7. The Morgan fingerprint density at radius 3 is 3.00 bits per heavy atom. The van der Waals surface area contributed by atoms with Gasteiger partial charge in [-0.15, -0.1) is 0 Å². The third kappa shape index (κ3) is 4.00. The number of likely N-dealkylation sites (tertiary alicyclic amines) is 1. The van der Waals surface area contributed by atoms with Gasteiger partial charge in [-0.25, -0.2) is 4.98 Å². The minimum atomic E-state index is -0.765. The van der Waals surface area contributed by atoms with Crippen molar-refractivity contribution in [2.24, 2.45) is 5.92 Å². The van der Waals surface area contributed by atoms with Crippen molar-refractivity contribution in [3.8, 4) is 0 Å². The van der Waals surface area contributed by atoms with E-state index >= 15 is 0 Å². The lowest BCUT2D eigenvalue weighted by Crippen LogP contribution is -2.21. The zero-order chi connectivity index (χ0) is 16.9. The summed E-state index contributed by atoms with van der Waals surface area (Å²) >= 11 is 0. The summed E-state index contributed by atoms with van der Waals surface area (Å²) in [5.41, 5.74) is 1.92. The summed E-state index contributed by atoms with van der Waals surface area (Å²) in [4.78, 5) is 21.2. The lowest BCUT2D eigenvalue weighted by molar-refractivity contribution is -0.138. The van der Waals surface area contributed by atoms with E-state index in [0.717, 1.165) is 56.1 Å². The van der Waals surface area contributed by atoms with Crippen LogP contribution in [0.3, 0.4) is 0 Å². The monoisotopic (exact) mass is 332 g/mol. The number of aromatic nitrogens is 5. The predicted octanol–water partition coefficient (Wildman–Crippen LogP) is 1.56. The van der Waals surface area contributed by atoms with Crippen molar-refractivity contribution < 1.29 is 9.90 Å². The molecule has 0 saturated carbocycles. The molecule has 0 aromatic carbocycles. The molecule has 24 heavy (non-hydrogen) atoms. The van der Waals surface area contributed by atoms with Gasteiger partial charge in [0, 0.05) is 43.9 Å². The average Bonchev–Trinajstić information content (AvgIpc) is 3.26. The quantitative estimate of drug-likeness (QED) is 0.676. The molecule has 0 aliphatic carbocycles. The highest BCUT2D eigenvalue weighted by molar-refractivity contribution is 5.67. The number of nitrogens with one attached hydrogen (secondary N) is 2. The van der Waals surface area contributed by atoms with Crippen molar-refractivity contribution in [1.82, 2.24) is 30.3 Å².